The molecule has 1 aliphatic heterocycles. The number of hydrogen-bond acceptors (Lipinski definition) is 8. The van der Waals surface area contributed by atoms with Gasteiger partial charge in [-0.05, 0) is 36.1 Å². The SMILES string of the molecule is O=C(O)CCCCCC(=O)Nc1cccc([C@@H]2O[C@H](CSc3ncn[nH]3)C[C@H](c3ccc(CO)cc3)O2)c1. The summed E-state index contributed by atoms with van der Waals surface area (Å²) in [6, 6.07) is 15.1. The molecule has 0 unspecified atom stereocenters. The van der Waals surface area contributed by atoms with E-state index in [0.29, 0.717) is 48.7 Å². The normalized spacial score (nSPS) is 19.2. The molecule has 4 N–H and O–H groups in total. The first-order valence-corrected chi connectivity index (χ1v) is 13.6. The van der Waals surface area contributed by atoms with Crippen molar-refractivity contribution in [1.29, 1.82) is 0 Å². The Bertz CT molecular complexity index is 1170. The minimum atomic E-state index is -0.818. The van der Waals surface area contributed by atoms with Crippen LogP contribution in [0.4, 0.5) is 5.69 Å². The number of carboxylic acids is 1. The maximum atomic E-state index is 12.4. The second-order valence-corrected chi connectivity index (χ2v) is 10.1. The molecule has 2 aromatic carbocycles. The number of thioether (sulfide) groups is 1. The van der Waals surface area contributed by atoms with Crippen LogP contribution in [0.2, 0.25) is 0 Å². The number of ether oxygens (including phenoxy) is 2. The van der Waals surface area contributed by atoms with Gasteiger partial charge >= 0.3 is 5.97 Å². The predicted octanol–water partition coefficient (Wildman–Crippen LogP) is 4.61. The Morgan fingerprint density at radius 1 is 1.05 bits per heavy atom. The highest BCUT2D eigenvalue weighted by Crippen LogP contribution is 2.39. The summed E-state index contributed by atoms with van der Waals surface area (Å²) in [5.74, 6) is -0.286. The van der Waals surface area contributed by atoms with Crippen LogP contribution in [-0.2, 0) is 25.7 Å². The van der Waals surface area contributed by atoms with E-state index < -0.39 is 12.3 Å². The Morgan fingerprint density at radius 2 is 1.87 bits per heavy atom. The van der Waals surface area contributed by atoms with Crippen LogP contribution < -0.4 is 5.32 Å². The lowest BCUT2D eigenvalue weighted by Crippen LogP contribution is -2.31. The molecule has 3 atom stereocenters. The summed E-state index contributed by atoms with van der Waals surface area (Å²) < 4.78 is 12.7. The van der Waals surface area contributed by atoms with E-state index in [0.717, 1.165) is 16.7 Å². The highest BCUT2D eigenvalue weighted by atomic mass is 32.2. The zero-order chi connectivity index (χ0) is 26.7. The van der Waals surface area contributed by atoms with Gasteiger partial charge in [-0.1, -0.05) is 54.6 Å². The predicted molar refractivity (Wildman–Crippen MR) is 141 cm³/mol. The average molecular weight is 541 g/mol. The number of benzene rings is 2. The number of aliphatic hydroxyl groups excluding tert-OH is 1. The minimum Gasteiger partial charge on any atom is -0.481 e. The summed E-state index contributed by atoms with van der Waals surface area (Å²) in [4.78, 5) is 27.2. The number of aromatic amines is 1. The van der Waals surface area contributed by atoms with Gasteiger partial charge in [-0.2, -0.15) is 5.10 Å². The monoisotopic (exact) mass is 540 g/mol. The van der Waals surface area contributed by atoms with Crippen LogP contribution in [0.1, 0.15) is 67.6 Å². The molecule has 10 nitrogen and oxygen atoms in total. The standard InChI is InChI=1S/C27H32N4O6S/c32-15-18-9-11-19(12-10-18)23-14-22(16-38-27-28-17-29-31-27)36-26(37-23)20-5-4-6-21(13-20)30-24(33)7-2-1-3-8-25(34)35/h4-6,9-13,17,22-23,26,32H,1-3,7-8,14-16H2,(H,30,33)(H,34,35)(H,28,29,31)/t22-,23+,26+/m0/s1. The molecule has 202 valence electrons. The van der Waals surface area contributed by atoms with Gasteiger partial charge < -0.3 is 25.0 Å². The number of aliphatic carboxylic acids is 1. The number of nitrogens with zero attached hydrogens (tertiary/aromatic N) is 2. The van der Waals surface area contributed by atoms with Gasteiger partial charge in [0.2, 0.25) is 5.91 Å². The molecule has 1 saturated heterocycles. The second kappa shape index (κ2) is 14.1. The topological polar surface area (TPSA) is 147 Å². The minimum absolute atomic E-state index is 0.0190. The van der Waals surface area contributed by atoms with Crippen molar-refractivity contribution in [2.45, 2.75) is 68.8 Å². The molecule has 0 saturated carbocycles. The van der Waals surface area contributed by atoms with Crippen LogP contribution in [0.25, 0.3) is 0 Å². The number of rotatable bonds is 13. The number of aromatic nitrogens is 3. The molecule has 0 spiro atoms. The zero-order valence-corrected chi connectivity index (χ0v) is 21.7. The molecular weight excluding hydrogens is 508 g/mol. The van der Waals surface area contributed by atoms with Gasteiger partial charge in [0.25, 0.3) is 0 Å². The maximum absolute atomic E-state index is 12.4. The molecule has 1 aliphatic rings. The van der Waals surface area contributed by atoms with Crippen molar-refractivity contribution in [2.75, 3.05) is 11.1 Å². The van der Waals surface area contributed by atoms with Gasteiger partial charge in [0.15, 0.2) is 11.4 Å². The van der Waals surface area contributed by atoms with Gasteiger partial charge in [0, 0.05) is 36.3 Å². The summed E-state index contributed by atoms with van der Waals surface area (Å²) in [6.45, 7) is -0.0190. The van der Waals surface area contributed by atoms with E-state index >= 15 is 0 Å². The largest absolute Gasteiger partial charge is 0.481 e. The number of anilines is 1. The molecule has 1 aromatic heterocycles. The number of nitrogens with one attached hydrogen (secondary N) is 2. The highest BCUT2D eigenvalue weighted by molar-refractivity contribution is 7.99. The Kier molecular flexibility index (Phi) is 10.3. The van der Waals surface area contributed by atoms with Crippen LogP contribution in [0.15, 0.2) is 60.0 Å². The molecular formula is C27H32N4O6S. The lowest BCUT2D eigenvalue weighted by Gasteiger charge is -2.36. The van der Waals surface area contributed by atoms with Crippen molar-refractivity contribution in [1.82, 2.24) is 15.2 Å². The first kappa shape index (κ1) is 27.8. The van der Waals surface area contributed by atoms with Gasteiger partial charge in [-0.3, -0.25) is 14.7 Å². The van der Waals surface area contributed by atoms with Crippen LogP contribution in [-0.4, -0.2) is 49.1 Å². The number of hydrogen-bond donors (Lipinski definition) is 4. The Hall–Kier alpha value is -3.25. The molecule has 3 aromatic rings. The number of amides is 1. The van der Waals surface area contributed by atoms with Crippen LogP contribution in [0.5, 0.6) is 0 Å². The zero-order valence-electron chi connectivity index (χ0n) is 20.9. The molecule has 38 heavy (non-hydrogen) atoms. The first-order valence-electron chi connectivity index (χ1n) is 12.6. The third-order valence-corrected chi connectivity index (χ3v) is 7.16. The van der Waals surface area contributed by atoms with Gasteiger partial charge in [0.1, 0.15) is 6.33 Å². The van der Waals surface area contributed by atoms with Crippen LogP contribution in [0, 0.1) is 0 Å². The quantitative estimate of drug-likeness (QED) is 0.180. The second-order valence-electron chi connectivity index (χ2n) is 9.08. The molecule has 4 rings (SSSR count). The third kappa shape index (κ3) is 8.38. The van der Waals surface area contributed by atoms with Gasteiger partial charge in [0.05, 0.1) is 18.8 Å². The molecule has 0 aliphatic carbocycles. The molecule has 1 fully saturated rings. The smallest absolute Gasteiger partial charge is 0.303 e. The highest BCUT2D eigenvalue weighted by Gasteiger charge is 2.32. The Balaban J connectivity index is 1.41. The Labute approximate surface area is 225 Å². The lowest BCUT2D eigenvalue weighted by molar-refractivity contribution is -0.245. The van der Waals surface area contributed by atoms with Crippen LogP contribution >= 0.6 is 11.8 Å². The average Bonchev–Trinajstić information content (AvgIpc) is 3.45. The molecule has 1 amide bonds. The fraction of sp³-hybridized carbons (Fsp3) is 0.407. The maximum Gasteiger partial charge on any atom is 0.303 e. The van der Waals surface area contributed by atoms with Crippen molar-refractivity contribution in [3.63, 3.8) is 0 Å². The summed E-state index contributed by atoms with van der Waals surface area (Å²) in [5, 5.41) is 28.5. The van der Waals surface area contributed by atoms with E-state index in [1.54, 1.807) is 0 Å². The van der Waals surface area contributed by atoms with E-state index in [1.165, 1.54) is 18.1 Å². The van der Waals surface area contributed by atoms with Gasteiger partial charge in [-0.15, -0.1) is 0 Å². The van der Waals surface area contributed by atoms with Crippen molar-refractivity contribution in [3.05, 3.63) is 71.5 Å². The fourth-order valence-electron chi connectivity index (χ4n) is 4.18. The summed E-state index contributed by atoms with van der Waals surface area (Å²) in [7, 11) is 0. The van der Waals surface area contributed by atoms with Crippen molar-refractivity contribution in [2.24, 2.45) is 0 Å². The third-order valence-electron chi connectivity index (χ3n) is 6.15. The van der Waals surface area contributed by atoms with E-state index in [4.69, 9.17) is 14.6 Å². The van der Waals surface area contributed by atoms with Crippen LogP contribution in [0.3, 0.4) is 0 Å². The lowest BCUT2D eigenvalue weighted by atomic mass is 10.0. The van der Waals surface area contributed by atoms with E-state index in [2.05, 4.69) is 20.5 Å². The first-order chi connectivity index (χ1) is 18.5. The van der Waals surface area contributed by atoms with Gasteiger partial charge in [-0.25, -0.2) is 4.98 Å². The Morgan fingerprint density at radius 3 is 2.61 bits per heavy atom. The molecule has 11 heteroatoms. The van der Waals surface area contributed by atoms with Crippen molar-refractivity contribution < 1.29 is 29.3 Å². The van der Waals surface area contributed by atoms with Crippen molar-refractivity contribution >= 4 is 29.3 Å². The fourth-order valence-corrected chi connectivity index (χ4v) is 4.98. The summed E-state index contributed by atoms with van der Waals surface area (Å²) >= 11 is 1.53. The molecule has 0 radical (unpaired) electrons. The molecule has 0 bridgehead atoms. The van der Waals surface area contributed by atoms with E-state index in [1.807, 2.05) is 48.5 Å². The van der Waals surface area contributed by atoms with E-state index in [-0.39, 0.29) is 31.1 Å². The number of unbranched alkanes of at least 4 members (excludes halogenated alkanes) is 2. The summed E-state index contributed by atoms with van der Waals surface area (Å²) in [5.41, 5.74) is 3.26. The number of carboxylic acid groups (broad SMARTS) is 1. The number of aliphatic hydroxyl groups is 1. The number of H-pyrrole nitrogens is 1. The number of carbonyl (C=O) groups is 2. The molecule has 2 heterocycles. The van der Waals surface area contributed by atoms with Crippen molar-refractivity contribution in [3.8, 4) is 0 Å². The van der Waals surface area contributed by atoms with E-state index in [9.17, 15) is 14.7 Å². The summed E-state index contributed by atoms with van der Waals surface area (Å²) in [6.07, 6.45) is 3.47. The number of carbonyl (C=O) groups excluding carboxylic acids is 1.